The Morgan fingerprint density at radius 2 is 2.12 bits per heavy atom. The molecule has 8 nitrogen and oxygen atoms in total. The van der Waals surface area contributed by atoms with E-state index in [4.69, 9.17) is 11.6 Å². The number of nitrogens with one attached hydrogen (secondary N) is 4. The van der Waals surface area contributed by atoms with Gasteiger partial charge in [-0.2, -0.15) is 5.10 Å². The van der Waals surface area contributed by atoms with Crippen molar-refractivity contribution < 1.29 is 4.79 Å². The summed E-state index contributed by atoms with van der Waals surface area (Å²) in [5.74, 6) is 1.37. The van der Waals surface area contributed by atoms with Gasteiger partial charge in [0.05, 0.1) is 6.54 Å². The SMILES string of the molecule is CC(=O)CNCCNc1n[nH]c2ncnc(Nc3cccc(Cl)c3)c12. The molecular formula is C16H18ClN7O. The second-order valence-corrected chi connectivity index (χ2v) is 5.90. The van der Waals surface area contributed by atoms with Crippen LogP contribution in [0.2, 0.25) is 5.02 Å². The van der Waals surface area contributed by atoms with E-state index in [9.17, 15) is 4.79 Å². The van der Waals surface area contributed by atoms with Gasteiger partial charge in [0.25, 0.3) is 0 Å². The number of aromatic nitrogens is 4. The number of hydrogen-bond acceptors (Lipinski definition) is 7. The van der Waals surface area contributed by atoms with Gasteiger partial charge in [0, 0.05) is 23.8 Å². The number of H-pyrrole nitrogens is 1. The Bertz CT molecular complexity index is 880. The molecule has 0 radical (unpaired) electrons. The minimum absolute atomic E-state index is 0.103. The molecule has 0 atom stereocenters. The number of nitrogens with zero attached hydrogens (tertiary/aromatic N) is 3. The van der Waals surface area contributed by atoms with E-state index >= 15 is 0 Å². The fraction of sp³-hybridized carbons (Fsp3) is 0.250. The number of benzene rings is 1. The molecule has 2 aromatic heterocycles. The molecule has 0 saturated carbocycles. The molecule has 0 aliphatic carbocycles. The standard InChI is InChI=1S/C16H18ClN7O/c1-10(25)8-18-5-6-19-15-13-14(20-9-21-16(13)24-23-15)22-12-4-2-3-11(17)7-12/h2-4,7,9,18H,5-6,8H2,1H3,(H3,19,20,21,22,23,24). The number of hydrogen-bond donors (Lipinski definition) is 4. The zero-order valence-electron chi connectivity index (χ0n) is 13.6. The van der Waals surface area contributed by atoms with Gasteiger partial charge in [-0.3, -0.25) is 9.89 Å². The molecule has 1 aromatic carbocycles. The summed E-state index contributed by atoms with van der Waals surface area (Å²) in [4.78, 5) is 19.4. The molecule has 2 heterocycles. The van der Waals surface area contributed by atoms with Crippen molar-refractivity contribution in [2.24, 2.45) is 0 Å². The topological polar surface area (TPSA) is 108 Å². The Morgan fingerprint density at radius 1 is 1.24 bits per heavy atom. The fourth-order valence-corrected chi connectivity index (χ4v) is 2.51. The minimum atomic E-state index is 0.103. The predicted molar refractivity (Wildman–Crippen MR) is 98.5 cm³/mol. The lowest BCUT2D eigenvalue weighted by atomic mass is 10.3. The normalized spacial score (nSPS) is 10.8. The fourth-order valence-electron chi connectivity index (χ4n) is 2.32. The highest BCUT2D eigenvalue weighted by molar-refractivity contribution is 6.30. The highest BCUT2D eigenvalue weighted by Gasteiger charge is 2.13. The molecular weight excluding hydrogens is 342 g/mol. The van der Waals surface area contributed by atoms with Crippen molar-refractivity contribution in [1.29, 1.82) is 0 Å². The number of rotatable bonds is 8. The number of carbonyl (C=O) groups is 1. The molecule has 0 saturated heterocycles. The van der Waals surface area contributed by atoms with Crippen LogP contribution in [0.15, 0.2) is 30.6 Å². The number of fused-ring (bicyclic) bond motifs is 1. The zero-order chi connectivity index (χ0) is 17.6. The molecule has 25 heavy (non-hydrogen) atoms. The Hall–Kier alpha value is -2.71. The molecule has 0 bridgehead atoms. The van der Waals surface area contributed by atoms with Crippen LogP contribution in [0.1, 0.15) is 6.92 Å². The molecule has 3 aromatic rings. The molecule has 0 aliphatic heterocycles. The Balaban J connectivity index is 1.75. The molecule has 0 spiro atoms. The van der Waals surface area contributed by atoms with Crippen molar-refractivity contribution in [3.63, 3.8) is 0 Å². The monoisotopic (exact) mass is 359 g/mol. The van der Waals surface area contributed by atoms with Gasteiger partial charge in [0.1, 0.15) is 23.3 Å². The average molecular weight is 360 g/mol. The van der Waals surface area contributed by atoms with Gasteiger partial charge in [-0.1, -0.05) is 17.7 Å². The summed E-state index contributed by atoms with van der Waals surface area (Å²) >= 11 is 6.03. The van der Waals surface area contributed by atoms with E-state index in [0.717, 1.165) is 11.1 Å². The second kappa shape index (κ2) is 7.91. The summed E-state index contributed by atoms with van der Waals surface area (Å²) in [5.41, 5.74) is 1.45. The van der Waals surface area contributed by atoms with Crippen LogP contribution in [-0.2, 0) is 4.79 Å². The number of aromatic amines is 1. The van der Waals surface area contributed by atoms with E-state index in [1.165, 1.54) is 6.33 Å². The zero-order valence-corrected chi connectivity index (χ0v) is 14.4. The van der Waals surface area contributed by atoms with Crippen molar-refractivity contribution in [3.05, 3.63) is 35.6 Å². The first kappa shape index (κ1) is 17.1. The van der Waals surface area contributed by atoms with E-state index in [1.54, 1.807) is 13.0 Å². The van der Waals surface area contributed by atoms with Gasteiger partial charge in [0.15, 0.2) is 11.5 Å². The number of anilines is 3. The van der Waals surface area contributed by atoms with Gasteiger partial charge in [-0.05, 0) is 25.1 Å². The molecule has 0 unspecified atom stereocenters. The molecule has 9 heteroatoms. The Morgan fingerprint density at radius 3 is 2.92 bits per heavy atom. The molecule has 0 amide bonds. The van der Waals surface area contributed by atoms with E-state index in [-0.39, 0.29) is 5.78 Å². The van der Waals surface area contributed by atoms with Crippen LogP contribution < -0.4 is 16.0 Å². The summed E-state index contributed by atoms with van der Waals surface area (Å²) in [7, 11) is 0. The number of Topliss-reactive ketones (excluding diaryl/α,β-unsaturated/α-hetero) is 1. The lowest BCUT2D eigenvalue weighted by Crippen LogP contribution is -2.26. The van der Waals surface area contributed by atoms with Crippen molar-refractivity contribution in [2.75, 3.05) is 30.3 Å². The van der Waals surface area contributed by atoms with Crippen LogP contribution in [0.25, 0.3) is 11.0 Å². The summed E-state index contributed by atoms with van der Waals surface area (Å²) in [5, 5.41) is 18.0. The third-order valence-electron chi connectivity index (χ3n) is 3.41. The van der Waals surface area contributed by atoms with Crippen LogP contribution in [0.4, 0.5) is 17.3 Å². The third-order valence-corrected chi connectivity index (χ3v) is 3.65. The predicted octanol–water partition coefficient (Wildman–Crippen LogP) is 2.34. The van der Waals surface area contributed by atoms with Gasteiger partial charge < -0.3 is 16.0 Å². The third kappa shape index (κ3) is 4.43. The van der Waals surface area contributed by atoms with E-state index in [1.807, 2.05) is 18.2 Å². The molecule has 3 rings (SSSR count). The lowest BCUT2D eigenvalue weighted by Gasteiger charge is -2.09. The van der Waals surface area contributed by atoms with Crippen LogP contribution in [0.3, 0.4) is 0 Å². The largest absolute Gasteiger partial charge is 0.367 e. The highest BCUT2D eigenvalue weighted by atomic mass is 35.5. The molecule has 4 N–H and O–H groups in total. The highest BCUT2D eigenvalue weighted by Crippen LogP contribution is 2.28. The van der Waals surface area contributed by atoms with Gasteiger partial charge in [-0.25, -0.2) is 9.97 Å². The summed E-state index contributed by atoms with van der Waals surface area (Å²) in [6, 6.07) is 7.38. The first-order valence-corrected chi connectivity index (χ1v) is 8.17. The number of halogens is 1. The van der Waals surface area contributed by atoms with E-state index < -0.39 is 0 Å². The van der Waals surface area contributed by atoms with Gasteiger partial charge in [0.2, 0.25) is 0 Å². The van der Waals surface area contributed by atoms with Crippen LogP contribution in [0.5, 0.6) is 0 Å². The van der Waals surface area contributed by atoms with Crippen LogP contribution in [0, 0.1) is 0 Å². The Kier molecular flexibility index (Phi) is 5.42. The van der Waals surface area contributed by atoms with Crippen molar-refractivity contribution >= 4 is 45.7 Å². The van der Waals surface area contributed by atoms with Gasteiger partial charge >= 0.3 is 0 Å². The molecule has 0 fully saturated rings. The van der Waals surface area contributed by atoms with Gasteiger partial charge in [-0.15, -0.1) is 0 Å². The van der Waals surface area contributed by atoms with E-state index in [2.05, 4.69) is 36.1 Å². The molecule has 0 aliphatic rings. The maximum absolute atomic E-state index is 10.9. The first-order chi connectivity index (χ1) is 12.1. The summed E-state index contributed by atoms with van der Waals surface area (Å²) < 4.78 is 0. The number of ketones is 1. The van der Waals surface area contributed by atoms with Crippen molar-refractivity contribution in [3.8, 4) is 0 Å². The average Bonchev–Trinajstić information content (AvgIpc) is 2.99. The van der Waals surface area contributed by atoms with E-state index in [0.29, 0.717) is 41.9 Å². The smallest absolute Gasteiger partial charge is 0.162 e. The second-order valence-electron chi connectivity index (χ2n) is 5.46. The first-order valence-electron chi connectivity index (χ1n) is 7.79. The van der Waals surface area contributed by atoms with Crippen LogP contribution in [-0.4, -0.2) is 45.6 Å². The number of carbonyl (C=O) groups excluding carboxylic acids is 1. The maximum Gasteiger partial charge on any atom is 0.162 e. The van der Waals surface area contributed by atoms with Crippen LogP contribution >= 0.6 is 11.6 Å². The molecule has 130 valence electrons. The minimum Gasteiger partial charge on any atom is -0.367 e. The lowest BCUT2D eigenvalue weighted by molar-refractivity contribution is -0.116. The maximum atomic E-state index is 10.9. The van der Waals surface area contributed by atoms with Crippen molar-refractivity contribution in [1.82, 2.24) is 25.5 Å². The summed E-state index contributed by atoms with van der Waals surface area (Å²) in [6.07, 6.45) is 1.46. The quantitative estimate of drug-likeness (QED) is 0.457. The summed E-state index contributed by atoms with van der Waals surface area (Å²) in [6.45, 7) is 3.15. The Labute approximate surface area is 149 Å². The van der Waals surface area contributed by atoms with Crippen molar-refractivity contribution in [2.45, 2.75) is 6.92 Å².